The number of nitrogens with zero attached hydrogens (tertiary/aromatic N) is 2. The third-order valence-electron chi connectivity index (χ3n) is 4.01. The van der Waals surface area contributed by atoms with Crippen molar-refractivity contribution in [1.29, 1.82) is 0 Å². The lowest BCUT2D eigenvalue weighted by atomic mass is 10.0. The number of carbonyl (C=O) groups is 1. The van der Waals surface area contributed by atoms with E-state index in [0.717, 1.165) is 25.7 Å². The molecule has 1 saturated carbocycles. The Bertz CT molecular complexity index is 675. The van der Waals surface area contributed by atoms with Crippen molar-refractivity contribution in [2.75, 3.05) is 6.54 Å². The van der Waals surface area contributed by atoms with E-state index in [4.69, 9.17) is 4.42 Å². The van der Waals surface area contributed by atoms with Crippen molar-refractivity contribution in [3.63, 3.8) is 0 Å². The summed E-state index contributed by atoms with van der Waals surface area (Å²) in [5.41, 5.74) is 0.458. The monoisotopic (exact) mass is 301 g/mol. The van der Waals surface area contributed by atoms with E-state index >= 15 is 0 Å². The molecule has 22 heavy (non-hydrogen) atoms. The summed E-state index contributed by atoms with van der Waals surface area (Å²) in [5, 5.41) is 20.8. The van der Waals surface area contributed by atoms with Gasteiger partial charge in [0.1, 0.15) is 0 Å². The summed E-state index contributed by atoms with van der Waals surface area (Å²) in [5.74, 6) is 0.660. The molecule has 0 aliphatic heterocycles. The maximum Gasteiger partial charge on any atom is 0.251 e. The molecule has 0 saturated heterocycles. The lowest BCUT2D eigenvalue weighted by molar-refractivity contribution is 0.0449. The Labute approximate surface area is 128 Å². The van der Waals surface area contributed by atoms with E-state index < -0.39 is 5.60 Å². The van der Waals surface area contributed by atoms with Gasteiger partial charge in [-0.3, -0.25) is 4.79 Å². The highest BCUT2D eigenvalue weighted by Crippen LogP contribution is 2.28. The Kier molecular flexibility index (Phi) is 3.94. The summed E-state index contributed by atoms with van der Waals surface area (Å²) < 4.78 is 5.37. The number of nitrogens with one attached hydrogen (secondary N) is 1. The number of aromatic nitrogens is 2. The summed E-state index contributed by atoms with van der Waals surface area (Å²) in [6.45, 7) is 2.01. The van der Waals surface area contributed by atoms with Gasteiger partial charge >= 0.3 is 0 Å². The van der Waals surface area contributed by atoms with Gasteiger partial charge in [-0.25, -0.2) is 0 Å². The molecule has 1 aliphatic rings. The minimum Gasteiger partial charge on any atom is -0.421 e. The van der Waals surface area contributed by atoms with Crippen molar-refractivity contribution in [3.05, 3.63) is 35.7 Å². The molecular weight excluding hydrogens is 282 g/mol. The number of benzene rings is 1. The van der Waals surface area contributed by atoms with Gasteiger partial charge < -0.3 is 14.8 Å². The fourth-order valence-corrected chi connectivity index (χ4v) is 2.76. The smallest absolute Gasteiger partial charge is 0.251 e. The maximum absolute atomic E-state index is 12.2. The van der Waals surface area contributed by atoms with Crippen LogP contribution < -0.4 is 5.32 Å². The summed E-state index contributed by atoms with van der Waals surface area (Å²) in [6, 6.07) is 7.02. The van der Waals surface area contributed by atoms with Crippen molar-refractivity contribution in [2.45, 2.75) is 38.2 Å². The van der Waals surface area contributed by atoms with Crippen LogP contribution in [0.25, 0.3) is 11.5 Å². The number of aryl methyl sites for hydroxylation is 1. The zero-order chi connectivity index (χ0) is 15.6. The molecule has 0 bridgehead atoms. The van der Waals surface area contributed by atoms with E-state index in [0.29, 0.717) is 22.9 Å². The number of hydrogen-bond donors (Lipinski definition) is 2. The molecule has 0 atom stereocenters. The second-order valence-corrected chi connectivity index (χ2v) is 5.82. The topological polar surface area (TPSA) is 88.2 Å². The van der Waals surface area contributed by atoms with Crippen molar-refractivity contribution in [2.24, 2.45) is 0 Å². The first-order valence-corrected chi connectivity index (χ1v) is 7.47. The molecule has 0 unspecified atom stereocenters. The van der Waals surface area contributed by atoms with E-state index in [2.05, 4.69) is 15.5 Å². The standard InChI is InChI=1S/C16H19N3O3/c1-11-18-19-15(22-11)13-6-4-5-12(9-13)14(20)17-10-16(21)7-2-3-8-16/h4-6,9,21H,2-3,7-8,10H2,1H3,(H,17,20). The Morgan fingerprint density at radius 1 is 1.36 bits per heavy atom. The number of amides is 1. The number of rotatable bonds is 4. The minimum atomic E-state index is -0.753. The van der Waals surface area contributed by atoms with Crippen molar-refractivity contribution >= 4 is 5.91 Å². The van der Waals surface area contributed by atoms with Crippen LogP contribution >= 0.6 is 0 Å². The summed E-state index contributed by atoms with van der Waals surface area (Å²) in [7, 11) is 0. The first-order chi connectivity index (χ1) is 10.6. The van der Waals surface area contributed by atoms with Crippen LogP contribution in [0.5, 0.6) is 0 Å². The minimum absolute atomic E-state index is 0.210. The maximum atomic E-state index is 12.2. The van der Waals surface area contributed by atoms with Gasteiger partial charge in [0, 0.05) is 24.6 Å². The molecule has 1 aromatic heterocycles. The summed E-state index contributed by atoms with van der Waals surface area (Å²) in [4.78, 5) is 12.2. The zero-order valence-corrected chi connectivity index (χ0v) is 12.5. The van der Waals surface area contributed by atoms with Gasteiger partial charge in [0.2, 0.25) is 11.8 Å². The van der Waals surface area contributed by atoms with Crippen molar-refractivity contribution in [3.8, 4) is 11.5 Å². The average Bonchev–Trinajstić information content (AvgIpc) is 3.14. The SMILES string of the molecule is Cc1nnc(-c2cccc(C(=O)NCC3(O)CCCC3)c2)o1. The van der Waals surface area contributed by atoms with Gasteiger partial charge in [0.15, 0.2) is 0 Å². The molecule has 1 fully saturated rings. The van der Waals surface area contributed by atoms with Gasteiger partial charge in [-0.15, -0.1) is 10.2 Å². The summed E-state index contributed by atoms with van der Waals surface area (Å²) in [6.07, 6.45) is 3.51. The molecule has 1 aliphatic carbocycles. The van der Waals surface area contributed by atoms with Crippen LogP contribution in [-0.4, -0.2) is 33.4 Å². The fraction of sp³-hybridized carbons (Fsp3) is 0.438. The second-order valence-electron chi connectivity index (χ2n) is 5.82. The molecule has 2 aromatic rings. The van der Waals surface area contributed by atoms with E-state index in [1.807, 2.05) is 6.07 Å². The largest absolute Gasteiger partial charge is 0.421 e. The highest BCUT2D eigenvalue weighted by molar-refractivity contribution is 5.95. The van der Waals surface area contributed by atoms with Gasteiger partial charge in [-0.05, 0) is 31.0 Å². The molecule has 6 nitrogen and oxygen atoms in total. The number of carbonyl (C=O) groups excluding carboxylic acids is 1. The Morgan fingerprint density at radius 2 is 2.14 bits per heavy atom. The third-order valence-corrected chi connectivity index (χ3v) is 4.01. The van der Waals surface area contributed by atoms with Crippen LogP contribution in [0.3, 0.4) is 0 Å². The first-order valence-electron chi connectivity index (χ1n) is 7.47. The predicted octanol–water partition coefficient (Wildman–Crippen LogP) is 2.08. The van der Waals surface area contributed by atoms with Gasteiger partial charge in [0.25, 0.3) is 5.91 Å². The molecule has 1 amide bonds. The van der Waals surface area contributed by atoms with Gasteiger partial charge in [0.05, 0.1) is 5.60 Å². The van der Waals surface area contributed by atoms with E-state index in [1.54, 1.807) is 25.1 Å². The Hall–Kier alpha value is -2.21. The molecule has 0 radical (unpaired) electrons. The molecule has 1 heterocycles. The molecule has 1 aromatic carbocycles. The van der Waals surface area contributed by atoms with Crippen molar-refractivity contribution < 1.29 is 14.3 Å². The van der Waals surface area contributed by atoms with Gasteiger partial charge in [-0.1, -0.05) is 18.9 Å². The fourth-order valence-electron chi connectivity index (χ4n) is 2.76. The Balaban J connectivity index is 1.70. The first kappa shape index (κ1) is 14.7. The van der Waals surface area contributed by atoms with Gasteiger partial charge in [-0.2, -0.15) is 0 Å². The molecular formula is C16H19N3O3. The third kappa shape index (κ3) is 3.17. The molecule has 6 heteroatoms. The van der Waals surface area contributed by atoms with E-state index in [1.165, 1.54) is 0 Å². The predicted molar refractivity (Wildman–Crippen MR) is 80.2 cm³/mol. The number of aliphatic hydroxyl groups is 1. The van der Waals surface area contributed by atoms with Crippen LogP contribution in [0.15, 0.2) is 28.7 Å². The molecule has 3 rings (SSSR count). The highest BCUT2D eigenvalue weighted by Gasteiger charge is 2.31. The second kappa shape index (κ2) is 5.88. The molecule has 116 valence electrons. The lowest BCUT2D eigenvalue weighted by Crippen LogP contribution is -2.40. The quantitative estimate of drug-likeness (QED) is 0.902. The normalized spacial score (nSPS) is 16.6. The lowest BCUT2D eigenvalue weighted by Gasteiger charge is -2.22. The molecule has 0 spiro atoms. The number of hydrogen-bond acceptors (Lipinski definition) is 5. The van der Waals surface area contributed by atoms with Crippen LogP contribution in [0.1, 0.15) is 41.9 Å². The van der Waals surface area contributed by atoms with Crippen LogP contribution in [0.2, 0.25) is 0 Å². The highest BCUT2D eigenvalue weighted by atomic mass is 16.4. The van der Waals surface area contributed by atoms with Crippen LogP contribution in [-0.2, 0) is 0 Å². The molecule has 2 N–H and O–H groups in total. The van der Waals surface area contributed by atoms with Crippen LogP contribution in [0.4, 0.5) is 0 Å². The summed E-state index contributed by atoms with van der Waals surface area (Å²) >= 11 is 0. The van der Waals surface area contributed by atoms with E-state index in [-0.39, 0.29) is 12.5 Å². The average molecular weight is 301 g/mol. The van der Waals surface area contributed by atoms with Crippen molar-refractivity contribution in [1.82, 2.24) is 15.5 Å². The Morgan fingerprint density at radius 3 is 2.82 bits per heavy atom. The van der Waals surface area contributed by atoms with Crippen LogP contribution in [0, 0.1) is 6.92 Å². The zero-order valence-electron chi connectivity index (χ0n) is 12.5. The van der Waals surface area contributed by atoms with E-state index in [9.17, 15) is 9.90 Å².